The lowest BCUT2D eigenvalue weighted by Crippen LogP contribution is -2.30. The topological polar surface area (TPSA) is 48.4 Å². The summed E-state index contributed by atoms with van der Waals surface area (Å²) >= 11 is 1.67. The molecule has 1 unspecified atom stereocenters. The lowest BCUT2D eigenvalue weighted by Gasteiger charge is -2.12. The highest BCUT2D eigenvalue weighted by Crippen LogP contribution is 2.20. The highest BCUT2D eigenvalue weighted by atomic mass is 35.5. The van der Waals surface area contributed by atoms with Crippen LogP contribution in [-0.4, -0.2) is 36.8 Å². The fourth-order valence-electron chi connectivity index (χ4n) is 1.17. The van der Waals surface area contributed by atoms with Gasteiger partial charge in [0.25, 0.3) is 0 Å². The molecular weight excluding hydrogens is 246 g/mol. The van der Waals surface area contributed by atoms with Crippen LogP contribution < -0.4 is 10.2 Å². The van der Waals surface area contributed by atoms with Gasteiger partial charge in [-0.1, -0.05) is 6.92 Å². The second-order valence-corrected chi connectivity index (χ2v) is 4.77. The molecule has 0 aliphatic heterocycles. The van der Waals surface area contributed by atoms with Crippen molar-refractivity contribution >= 4 is 28.9 Å². The molecule has 6 heteroatoms. The summed E-state index contributed by atoms with van der Waals surface area (Å²) in [6.45, 7) is 3.03. The Balaban J connectivity index is 0.00000225. The van der Waals surface area contributed by atoms with E-state index in [1.165, 1.54) is 4.88 Å². The van der Waals surface area contributed by atoms with Crippen LogP contribution in [0.3, 0.4) is 0 Å². The van der Waals surface area contributed by atoms with Gasteiger partial charge in [0.1, 0.15) is 0 Å². The van der Waals surface area contributed by atoms with E-state index >= 15 is 0 Å². The fourth-order valence-corrected chi connectivity index (χ4v) is 1.95. The van der Waals surface area contributed by atoms with Gasteiger partial charge in [0.15, 0.2) is 5.13 Å². The highest BCUT2D eigenvalue weighted by Gasteiger charge is 2.06. The zero-order chi connectivity index (χ0) is 11.3. The SMILES string of the molecule is CCC(CO)NCc1cnc(N(C)C)s1.Cl. The zero-order valence-electron chi connectivity index (χ0n) is 9.93. The molecule has 0 amide bonds. The van der Waals surface area contributed by atoms with Crippen molar-refractivity contribution in [2.75, 3.05) is 25.6 Å². The summed E-state index contributed by atoms with van der Waals surface area (Å²) in [4.78, 5) is 7.48. The van der Waals surface area contributed by atoms with Crippen molar-refractivity contribution in [2.24, 2.45) is 0 Å². The second-order valence-electron chi connectivity index (χ2n) is 3.67. The maximum absolute atomic E-state index is 9.01. The Bertz CT molecular complexity index is 289. The third-order valence-electron chi connectivity index (χ3n) is 2.20. The summed E-state index contributed by atoms with van der Waals surface area (Å²) in [6.07, 6.45) is 2.83. The van der Waals surface area contributed by atoms with Gasteiger partial charge in [-0.2, -0.15) is 0 Å². The molecule has 1 aromatic rings. The number of thiazole rings is 1. The first-order chi connectivity index (χ1) is 7.17. The van der Waals surface area contributed by atoms with E-state index in [2.05, 4.69) is 17.2 Å². The standard InChI is InChI=1S/C10H19N3OS.ClH/c1-4-8(7-14)11-5-9-6-12-10(15-9)13(2)3;/h6,8,11,14H,4-5,7H2,1-3H3;1H. The van der Waals surface area contributed by atoms with Crippen LogP contribution in [0, 0.1) is 0 Å². The summed E-state index contributed by atoms with van der Waals surface area (Å²) in [5.74, 6) is 0. The number of hydrogen-bond donors (Lipinski definition) is 2. The van der Waals surface area contributed by atoms with Gasteiger partial charge >= 0.3 is 0 Å². The molecule has 0 spiro atoms. The molecule has 0 radical (unpaired) electrons. The van der Waals surface area contributed by atoms with E-state index < -0.39 is 0 Å². The van der Waals surface area contributed by atoms with Gasteiger partial charge in [-0.3, -0.25) is 0 Å². The Labute approximate surface area is 107 Å². The molecule has 1 aromatic heterocycles. The average molecular weight is 266 g/mol. The van der Waals surface area contributed by atoms with E-state index in [1.54, 1.807) is 11.3 Å². The number of aromatic nitrogens is 1. The first-order valence-corrected chi connectivity index (χ1v) is 5.95. The van der Waals surface area contributed by atoms with E-state index in [-0.39, 0.29) is 25.1 Å². The highest BCUT2D eigenvalue weighted by molar-refractivity contribution is 7.15. The second kappa shape index (κ2) is 7.84. The van der Waals surface area contributed by atoms with Gasteiger partial charge in [0.2, 0.25) is 0 Å². The molecule has 4 nitrogen and oxygen atoms in total. The molecule has 1 atom stereocenters. The van der Waals surface area contributed by atoms with Crippen LogP contribution in [0.1, 0.15) is 18.2 Å². The van der Waals surface area contributed by atoms with E-state index in [0.717, 1.165) is 18.1 Å². The molecule has 1 heterocycles. The smallest absolute Gasteiger partial charge is 0.185 e. The quantitative estimate of drug-likeness (QED) is 0.818. The largest absolute Gasteiger partial charge is 0.395 e. The summed E-state index contributed by atoms with van der Waals surface area (Å²) in [7, 11) is 3.97. The minimum Gasteiger partial charge on any atom is -0.395 e. The molecule has 0 aromatic carbocycles. The number of nitrogens with one attached hydrogen (secondary N) is 1. The summed E-state index contributed by atoms with van der Waals surface area (Å²) in [5, 5.41) is 13.3. The van der Waals surface area contributed by atoms with Crippen molar-refractivity contribution in [1.29, 1.82) is 0 Å². The van der Waals surface area contributed by atoms with Crippen LogP contribution in [0.5, 0.6) is 0 Å². The first-order valence-electron chi connectivity index (χ1n) is 5.13. The monoisotopic (exact) mass is 265 g/mol. The number of anilines is 1. The van der Waals surface area contributed by atoms with Crippen molar-refractivity contribution in [3.63, 3.8) is 0 Å². The van der Waals surface area contributed by atoms with Crippen molar-refractivity contribution in [3.05, 3.63) is 11.1 Å². The number of hydrogen-bond acceptors (Lipinski definition) is 5. The Morgan fingerprint density at radius 2 is 2.25 bits per heavy atom. The van der Waals surface area contributed by atoms with Crippen LogP contribution in [0.4, 0.5) is 5.13 Å². The van der Waals surface area contributed by atoms with Gasteiger partial charge in [-0.15, -0.1) is 23.7 Å². The zero-order valence-corrected chi connectivity index (χ0v) is 11.6. The van der Waals surface area contributed by atoms with Gasteiger partial charge in [-0.25, -0.2) is 4.98 Å². The maximum atomic E-state index is 9.01. The van der Waals surface area contributed by atoms with Crippen molar-refractivity contribution in [1.82, 2.24) is 10.3 Å². The normalized spacial score (nSPS) is 12.0. The van der Waals surface area contributed by atoms with Crippen LogP contribution >= 0.6 is 23.7 Å². The Hall–Kier alpha value is -0.360. The van der Waals surface area contributed by atoms with Gasteiger partial charge in [0.05, 0.1) is 6.61 Å². The summed E-state index contributed by atoms with van der Waals surface area (Å²) in [6, 6.07) is 0.190. The summed E-state index contributed by atoms with van der Waals surface area (Å²) < 4.78 is 0. The van der Waals surface area contributed by atoms with Crippen molar-refractivity contribution in [2.45, 2.75) is 25.9 Å². The molecule has 1 rings (SSSR count). The molecule has 0 bridgehead atoms. The van der Waals surface area contributed by atoms with Crippen LogP contribution in [0.2, 0.25) is 0 Å². The van der Waals surface area contributed by atoms with Crippen LogP contribution in [0.25, 0.3) is 0 Å². The molecular formula is C10H20ClN3OS. The molecule has 0 saturated heterocycles. The predicted octanol–water partition coefficient (Wildman–Crippen LogP) is 1.49. The first kappa shape index (κ1) is 15.6. The van der Waals surface area contributed by atoms with Gasteiger partial charge < -0.3 is 15.3 Å². The number of nitrogens with zero attached hydrogens (tertiary/aromatic N) is 2. The lowest BCUT2D eigenvalue weighted by atomic mass is 10.2. The average Bonchev–Trinajstić information content (AvgIpc) is 2.68. The Morgan fingerprint density at radius 3 is 2.69 bits per heavy atom. The molecule has 2 N–H and O–H groups in total. The van der Waals surface area contributed by atoms with Crippen LogP contribution in [-0.2, 0) is 6.54 Å². The summed E-state index contributed by atoms with van der Waals surface area (Å²) in [5.41, 5.74) is 0. The molecule has 0 fully saturated rings. The molecule has 0 aliphatic carbocycles. The fraction of sp³-hybridized carbons (Fsp3) is 0.700. The molecule has 94 valence electrons. The lowest BCUT2D eigenvalue weighted by molar-refractivity contribution is 0.238. The minimum absolute atomic E-state index is 0. The Kier molecular flexibility index (Phi) is 7.66. The van der Waals surface area contributed by atoms with Gasteiger partial charge in [0, 0.05) is 37.8 Å². The van der Waals surface area contributed by atoms with E-state index in [0.29, 0.717) is 0 Å². The number of aliphatic hydroxyl groups excluding tert-OH is 1. The van der Waals surface area contributed by atoms with Crippen LogP contribution in [0.15, 0.2) is 6.20 Å². The number of rotatable bonds is 6. The van der Waals surface area contributed by atoms with E-state index in [9.17, 15) is 0 Å². The van der Waals surface area contributed by atoms with Gasteiger partial charge in [-0.05, 0) is 6.42 Å². The molecule has 16 heavy (non-hydrogen) atoms. The number of aliphatic hydroxyl groups is 1. The number of halogens is 1. The molecule has 0 aliphatic rings. The van der Waals surface area contributed by atoms with E-state index in [4.69, 9.17) is 5.11 Å². The third-order valence-corrected chi connectivity index (χ3v) is 3.37. The third kappa shape index (κ3) is 4.65. The Morgan fingerprint density at radius 1 is 1.56 bits per heavy atom. The van der Waals surface area contributed by atoms with Crippen molar-refractivity contribution < 1.29 is 5.11 Å². The maximum Gasteiger partial charge on any atom is 0.185 e. The minimum atomic E-state index is 0. The molecule has 0 saturated carbocycles. The predicted molar refractivity (Wildman–Crippen MR) is 71.7 cm³/mol. The van der Waals surface area contributed by atoms with E-state index in [1.807, 2.05) is 25.2 Å². The van der Waals surface area contributed by atoms with Crippen molar-refractivity contribution in [3.8, 4) is 0 Å².